The maximum atomic E-state index is 12.5. The summed E-state index contributed by atoms with van der Waals surface area (Å²) >= 11 is 0. The van der Waals surface area contributed by atoms with Crippen LogP contribution in [0, 0.1) is 0 Å². The third-order valence-electron chi connectivity index (χ3n) is 8.26. The topological polar surface area (TPSA) is 20.3 Å². The number of hydrogen-bond donors (Lipinski definition) is 0. The van der Waals surface area contributed by atoms with Crippen molar-refractivity contribution in [3.05, 3.63) is 138 Å². The van der Waals surface area contributed by atoms with Crippen LogP contribution in [-0.4, -0.2) is 5.78 Å². The van der Waals surface area contributed by atoms with Crippen LogP contribution in [-0.2, 0) is 5.41 Å². The highest BCUT2D eigenvalue weighted by Crippen LogP contribution is 2.51. The first kappa shape index (κ1) is 25.8. The minimum atomic E-state index is -0.0618. The van der Waals surface area contributed by atoms with Gasteiger partial charge in [-0.25, -0.2) is 0 Å². The zero-order chi connectivity index (χ0) is 27.7. The van der Waals surface area contributed by atoms with Crippen molar-refractivity contribution >= 4 is 22.8 Å². The lowest BCUT2D eigenvalue weighted by molar-refractivity contribution is 0.0980. The minimum Gasteiger partial charge on any atom is -0.310 e. The van der Waals surface area contributed by atoms with E-state index in [0.717, 1.165) is 35.2 Å². The van der Waals surface area contributed by atoms with Gasteiger partial charge in [0.15, 0.2) is 5.78 Å². The van der Waals surface area contributed by atoms with Crippen LogP contribution in [0.4, 0.5) is 17.1 Å². The smallest absolute Gasteiger partial charge is 0.162 e. The summed E-state index contributed by atoms with van der Waals surface area (Å²) in [5, 5.41) is 0. The molecule has 0 radical (unpaired) electrons. The summed E-state index contributed by atoms with van der Waals surface area (Å²) in [4.78, 5) is 14.9. The van der Waals surface area contributed by atoms with Gasteiger partial charge >= 0.3 is 0 Å². The fourth-order valence-corrected chi connectivity index (χ4v) is 5.96. The monoisotopic (exact) mass is 521 g/mol. The number of para-hydroxylation sites is 2. The van der Waals surface area contributed by atoms with E-state index < -0.39 is 0 Å². The molecule has 0 amide bonds. The molecule has 0 fully saturated rings. The molecule has 1 aliphatic heterocycles. The Morgan fingerprint density at radius 1 is 0.625 bits per heavy atom. The average Bonchev–Trinajstić information content (AvgIpc) is 3.00. The summed E-state index contributed by atoms with van der Waals surface area (Å²) < 4.78 is 0. The second-order valence-electron chi connectivity index (χ2n) is 11.2. The average molecular weight is 522 g/mol. The molecule has 0 unspecified atom stereocenters. The predicted molar refractivity (Wildman–Crippen MR) is 168 cm³/mol. The zero-order valence-electron chi connectivity index (χ0n) is 23.5. The van der Waals surface area contributed by atoms with Crippen LogP contribution in [0.1, 0.15) is 61.5 Å². The van der Waals surface area contributed by atoms with Crippen LogP contribution < -0.4 is 4.90 Å². The molecule has 0 atom stereocenters. The van der Waals surface area contributed by atoms with Crippen LogP contribution in [0.5, 0.6) is 0 Å². The molecule has 5 aromatic carbocycles. The number of fused-ring (bicyclic) bond motifs is 2. The number of benzene rings is 5. The normalized spacial score (nSPS) is 13.4. The van der Waals surface area contributed by atoms with Crippen molar-refractivity contribution in [1.82, 2.24) is 0 Å². The molecule has 0 spiro atoms. The van der Waals surface area contributed by atoms with Crippen LogP contribution in [0.3, 0.4) is 0 Å². The van der Waals surface area contributed by atoms with Gasteiger partial charge in [0.1, 0.15) is 0 Å². The van der Waals surface area contributed by atoms with E-state index in [1.165, 1.54) is 33.6 Å². The number of carbonyl (C=O) groups excluding carboxylic acids is 1. The molecule has 2 nitrogen and oxygen atoms in total. The van der Waals surface area contributed by atoms with Gasteiger partial charge in [-0.05, 0) is 70.1 Å². The zero-order valence-corrected chi connectivity index (χ0v) is 23.5. The van der Waals surface area contributed by atoms with E-state index in [4.69, 9.17) is 0 Å². The molecule has 0 aromatic heterocycles. The molecular weight excluding hydrogens is 486 g/mol. The van der Waals surface area contributed by atoms with Crippen molar-refractivity contribution in [2.45, 2.75) is 45.4 Å². The molecule has 0 aliphatic carbocycles. The summed E-state index contributed by atoms with van der Waals surface area (Å²) in [5.74, 6) is 0.225. The molecule has 198 valence electrons. The van der Waals surface area contributed by atoms with Crippen LogP contribution in [0.2, 0.25) is 0 Å². The van der Waals surface area contributed by atoms with E-state index in [1.54, 1.807) is 0 Å². The maximum Gasteiger partial charge on any atom is 0.162 e. The quantitative estimate of drug-likeness (QED) is 0.199. The highest BCUT2D eigenvalue weighted by molar-refractivity contribution is 5.97. The van der Waals surface area contributed by atoms with Gasteiger partial charge in [-0.1, -0.05) is 118 Å². The number of carbonyl (C=O) groups is 1. The van der Waals surface area contributed by atoms with Crippen molar-refractivity contribution in [2.75, 3.05) is 4.90 Å². The van der Waals surface area contributed by atoms with E-state index in [-0.39, 0.29) is 11.2 Å². The lowest BCUT2D eigenvalue weighted by atomic mass is 9.73. The van der Waals surface area contributed by atoms with Crippen molar-refractivity contribution < 1.29 is 4.79 Å². The van der Waals surface area contributed by atoms with E-state index in [1.807, 2.05) is 18.2 Å². The van der Waals surface area contributed by atoms with Crippen LogP contribution in [0.15, 0.2) is 121 Å². The highest BCUT2D eigenvalue weighted by Gasteiger charge is 2.36. The fraction of sp³-hybridized carbons (Fsp3) is 0.184. The van der Waals surface area contributed by atoms with Gasteiger partial charge in [0.2, 0.25) is 0 Å². The second kappa shape index (κ2) is 10.6. The number of ketones is 1. The number of nitrogens with zero attached hydrogens (tertiary/aromatic N) is 1. The van der Waals surface area contributed by atoms with Gasteiger partial charge < -0.3 is 4.90 Å². The van der Waals surface area contributed by atoms with Gasteiger partial charge in [0.05, 0.1) is 11.4 Å². The van der Waals surface area contributed by atoms with Crippen molar-refractivity contribution in [2.24, 2.45) is 0 Å². The molecular formula is C38H35NO. The molecule has 1 aliphatic rings. The first-order valence-electron chi connectivity index (χ1n) is 14.3. The van der Waals surface area contributed by atoms with Crippen LogP contribution >= 0.6 is 0 Å². The Bertz CT molecular complexity index is 1610. The third-order valence-corrected chi connectivity index (χ3v) is 8.26. The maximum absolute atomic E-state index is 12.5. The van der Waals surface area contributed by atoms with Crippen molar-refractivity contribution in [1.29, 1.82) is 0 Å². The lowest BCUT2D eigenvalue weighted by Gasteiger charge is -2.42. The summed E-state index contributed by atoms with van der Waals surface area (Å²) in [6.45, 7) is 6.75. The molecule has 0 saturated carbocycles. The number of hydrogen-bond acceptors (Lipinski definition) is 2. The van der Waals surface area contributed by atoms with E-state index in [2.05, 4.69) is 129 Å². The van der Waals surface area contributed by atoms with Gasteiger partial charge in [-0.3, -0.25) is 4.79 Å². The van der Waals surface area contributed by atoms with Crippen molar-refractivity contribution in [3.63, 3.8) is 0 Å². The summed E-state index contributed by atoms with van der Waals surface area (Å²) in [5.41, 5.74) is 11.6. The molecule has 5 aromatic rings. The molecule has 2 heteroatoms. The summed E-state index contributed by atoms with van der Waals surface area (Å²) in [6, 6.07) is 43.0. The summed E-state index contributed by atoms with van der Waals surface area (Å²) in [7, 11) is 0. The number of anilines is 3. The number of Topliss-reactive ketones (excluding diaryl/α,β-unsaturated/α-hetero) is 1. The molecule has 0 N–H and O–H groups in total. The second-order valence-corrected chi connectivity index (χ2v) is 11.2. The molecule has 0 saturated heterocycles. The van der Waals surface area contributed by atoms with Gasteiger partial charge in [-0.15, -0.1) is 0 Å². The Hall–Kier alpha value is -4.43. The summed E-state index contributed by atoms with van der Waals surface area (Å²) in [6.07, 6.45) is 2.58. The lowest BCUT2D eigenvalue weighted by Crippen LogP contribution is -2.30. The number of rotatable bonds is 7. The Morgan fingerprint density at radius 3 is 1.73 bits per heavy atom. The van der Waals surface area contributed by atoms with E-state index >= 15 is 0 Å². The van der Waals surface area contributed by atoms with Crippen molar-refractivity contribution in [3.8, 4) is 22.3 Å². The highest BCUT2D eigenvalue weighted by atomic mass is 16.1. The largest absolute Gasteiger partial charge is 0.310 e. The van der Waals surface area contributed by atoms with Gasteiger partial charge in [0, 0.05) is 23.1 Å². The molecule has 6 rings (SSSR count). The first-order valence-corrected chi connectivity index (χ1v) is 14.3. The Labute approximate surface area is 237 Å². The standard InChI is InChI=1S/C38H35NO/c1-4-5-17-37(40)31-12-10-11-30(26-31)29-20-18-27(19-21-29)28-22-24-32(25-23-28)39-35-15-8-6-13-33(35)38(2,3)34-14-7-9-16-36(34)39/h6-16,18-26H,4-5,17H2,1-3H3. The minimum absolute atomic E-state index is 0.0618. The fourth-order valence-electron chi connectivity index (χ4n) is 5.96. The first-order chi connectivity index (χ1) is 19.5. The van der Waals surface area contributed by atoms with Gasteiger partial charge in [-0.2, -0.15) is 0 Å². The van der Waals surface area contributed by atoms with E-state index in [9.17, 15) is 4.79 Å². The number of unbranched alkanes of at least 4 members (excludes halogenated alkanes) is 1. The van der Waals surface area contributed by atoms with Crippen LogP contribution in [0.25, 0.3) is 22.3 Å². The molecule has 40 heavy (non-hydrogen) atoms. The SMILES string of the molecule is CCCCC(=O)c1cccc(-c2ccc(-c3ccc(N4c5ccccc5C(C)(C)c5ccccc54)cc3)cc2)c1. The Balaban J connectivity index is 1.28. The Kier molecular flexibility index (Phi) is 6.86. The predicted octanol–water partition coefficient (Wildman–Crippen LogP) is 10.5. The third kappa shape index (κ3) is 4.64. The molecule has 1 heterocycles. The molecule has 0 bridgehead atoms. The Morgan fingerprint density at radius 2 is 1.15 bits per heavy atom. The van der Waals surface area contributed by atoms with E-state index in [0.29, 0.717) is 6.42 Å². The van der Waals surface area contributed by atoms with Gasteiger partial charge in [0.25, 0.3) is 0 Å².